The summed E-state index contributed by atoms with van der Waals surface area (Å²) in [6.07, 6.45) is 0.546. The largest absolute Gasteiger partial charge is 0.506 e. The quantitative estimate of drug-likeness (QED) is 0.707. The third-order valence-electron chi connectivity index (χ3n) is 3.55. The molecule has 0 unspecified atom stereocenters. The first-order chi connectivity index (χ1) is 11.1. The number of phenolic OH excluding ortho intramolecular Hbond substituents is 1. The van der Waals surface area contributed by atoms with Crippen molar-refractivity contribution in [2.75, 3.05) is 5.32 Å². The van der Waals surface area contributed by atoms with Crippen molar-refractivity contribution in [3.8, 4) is 5.75 Å². The molecule has 0 aliphatic heterocycles. The van der Waals surface area contributed by atoms with Crippen molar-refractivity contribution in [1.29, 1.82) is 0 Å². The number of para-hydroxylation sites is 1. The number of nitrogens with one attached hydrogen (secondary N) is 1. The van der Waals surface area contributed by atoms with Crippen LogP contribution < -0.4 is 5.32 Å². The van der Waals surface area contributed by atoms with Crippen LogP contribution in [0.4, 0.5) is 5.69 Å². The van der Waals surface area contributed by atoms with Gasteiger partial charge in [0.1, 0.15) is 5.75 Å². The van der Waals surface area contributed by atoms with Gasteiger partial charge in [0, 0.05) is 0 Å². The Balaban J connectivity index is 2.09. The number of carbonyl (C=O) groups is 2. The Morgan fingerprint density at radius 2 is 1.78 bits per heavy atom. The molecule has 3 aromatic rings. The molecule has 5 heteroatoms. The van der Waals surface area contributed by atoms with Crippen LogP contribution in [0.2, 0.25) is 5.02 Å². The number of anilines is 1. The molecule has 0 aliphatic carbocycles. The first-order valence-corrected chi connectivity index (χ1v) is 7.25. The zero-order valence-electron chi connectivity index (χ0n) is 11.9. The molecule has 0 radical (unpaired) electrons. The first-order valence-electron chi connectivity index (χ1n) is 6.87. The molecule has 0 aliphatic rings. The van der Waals surface area contributed by atoms with Crippen LogP contribution in [0.5, 0.6) is 5.75 Å². The smallest absolute Gasteiger partial charge is 0.259 e. The number of halogens is 1. The molecule has 0 saturated heterocycles. The number of carbonyl (C=O) groups excluding carboxylic acids is 2. The van der Waals surface area contributed by atoms with Crippen molar-refractivity contribution in [2.45, 2.75) is 0 Å². The lowest BCUT2D eigenvalue weighted by atomic mass is 9.99. The number of amides is 1. The summed E-state index contributed by atoms with van der Waals surface area (Å²) in [5, 5.41) is 14.6. The van der Waals surface area contributed by atoms with E-state index in [1.54, 1.807) is 54.6 Å². The maximum Gasteiger partial charge on any atom is 0.259 e. The molecule has 3 rings (SSSR count). The highest BCUT2D eigenvalue weighted by Gasteiger charge is 2.18. The molecular formula is C18H12ClNO3. The van der Waals surface area contributed by atoms with Gasteiger partial charge in [-0.2, -0.15) is 0 Å². The number of benzene rings is 3. The molecule has 3 aromatic carbocycles. The predicted octanol–water partition coefficient (Wildman–Crippen LogP) is 4.26. The number of hydrogen-bond acceptors (Lipinski definition) is 3. The molecule has 1 amide bonds. The van der Waals surface area contributed by atoms with Gasteiger partial charge in [-0.3, -0.25) is 9.59 Å². The van der Waals surface area contributed by atoms with E-state index in [1.807, 2.05) is 0 Å². The Bertz CT molecular complexity index is 921. The second kappa shape index (κ2) is 6.10. The van der Waals surface area contributed by atoms with E-state index in [-0.39, 0.29) is 16.9 Å². The van der Waals surface area contributed by atoms with Gasteiger partial charge >= 0.3 is 0 Å². The van der Waals surface area contributed by atoms with Crippen molar-refractivity contribution >= 4 is 40.3 Å². The molecule has 0 saturated carbocycles. The Hall–Kier alpha value is -2.85. The summed E-state index contributed by atoms with van der Waals surface area (Å²) >= 11 is 6.02. The van der Waals surface area contributed by atoms with Crippen LogP contribution in [0.15, 0.2) is 54.6 Å². The van der Waals surface area contributed by atoms with Crippen LogP contribution in [0, 0.1) is 0 Å². The number of phenols is 1. The normalized spacial score (nSPS) is 10.5. The Morgan fingerprint density at radius 3 is 2.52 bits per heavy atom. The molecule has 0 fully saturated rings. The molecule has 2 N–H and O–H groups in total. The van der Waals surface area contributed by atoms with Crippen LogP contribution in [0.3, 0.4) is 0 Å². The maximum absolute atomic E-state index is 12.5. The third-order valence-corrected chi connectivity index (χ3v) is 3.88. The summed E-state index contributed by atoms with van der Waals surface area (Å²) in [6.45, 7) is 0. The zero-order chi connectivity index (χ0) is 16.4. The molecule has 0 spiro atoms. The third kappa shape index (κ3) is 2.76. The van der Waals surface area contributed by atoms with Gasteiger partial charge in [-0.15, -0.1) is 0 Å². The standard InChI is InChI=1S/C18H12ClNO3/c19-15-7-3-4-8-16(15)20-18(23)13-9-11-5-1-2-6-12(11)14(10-21)17(13)22/h1-10,22H,(H,20,23). The van der Waals surface area contributed by atoms with Gasteiger partial charge in [-0.05, 0) is 29.0 Å². The van der Waals surface area contributed by atoms with Gasteiger partial charge in [-0.1, -0.05) is 48.0 Å². The lowest BCUT2D eigenvalue weighted by molar-refractivity contribution is 0.102. The summed E-state index contributed by atoms with van der Waals surface area (Å²) < 4.78 is 0. The molecule has 4 nitrogen and oxygen atoms in total. The van der Waals surface area contributed by atoms with Crippen LogP contribution in [-0.4, -0.2) is 17.3 Å². The average molecular weight is 326 g/mol. The van der Waals surface area contributed by atoms with Crippen molar-refractivity contribution in [2.24, 2.45) is 0 Å². The minimum absolute atomic E-state index is 0.0192. The number of aldehydes is 1. The minimum atomic E-state index is -0.538. The number of hydrogen-bond donors (Lipinski definition) is 2. The summed E-state index contributed by atoms with van der Waals surface area (Å²) in [6, 6.07) is 15.4. The van der Waals surface area contributed by atoms with Crippen LogP contribution in [0.1, 0.15) is 20.7 Å². The zero-order valence-corrected chi connectivity index (χ0v) is 12.7. The van der Waals surface area contributed by atoms with Gasteiger partial charge in [0.25, 0.3) is 5.91 Å². The topological polar surface area (TPSA) is 66.4 Å². The van der Waals surface area contributed by atoms with Gasteiger partial charge in [0.2, 0.25) is 0 Å². The summed E-state index contributed by atoms with van der Waals surface area (Å²) in [5.41, 5.74) is 0.539. The maximum atomic E-state index is 12.5. The number of fused-ring (bicyclic) bond motifs is 1. The number of aromatic hydroxyl groups is 1. The molecule has 0 aromatic heterocycles. The first kappa shape index (κ1) is 15.1. The fourth-order valence-electron chi connectivity index (χ4n) is 2.41. The summed E-state index contributed by atoms with van der Waals surface area (Å²) in [4.78, 5) is 23.8. The highest BCUT2D eigenvalue weighted by Crippen LogP contribution is 2.31. The van der Waals surface area contributed by atoms with E-state index in [4.69, 9.17) is 11.6 Å². The Kier molecular flexibility index (Phi) is 4.00. The van der Waals surface area contributed by atoms with E-state index in [2.05, 4.69) is 5.32 Å². The second-order valence-corrected chi connectivity index (χ2v) is 5.37. The Labute approximate surface area is 137 Å². The molecular weight excluding hydrogens is 314 g/mol. The lowest BCUT2D eigenvalue weighted by Crippen LogP contribution is -2.13. The minimum Gasteiger partial charge on any atom is -0.506 e. The van der Waals surface area contributed by atoms with Crippen molar-refractivity contribution in [3.05, 3.63) is 70.7 Å². The van der Waals surface area contributed by atoms with Crippen molar-refractivity contribution in [1.82, 2.24) is 0 Å². The highest BCUT2D eigenvalue weighted by atomic mass is 35.5. The van der Waals surface area contributed by atoms with Crippen LogP contribution in [-0.2, 0) is 0 Å². The fraction of sp³-hybridized carbons (Fsp3) is 0. The van der Waals surface area contributed by atoms with Crippen LogP contribution >= 0.6 is 11.6 Å². The van der Waals surface area contributed by atoms with E-state index in [1.165, 1.54) is 0 Å². The van der Waals surface area contributed by atoms with E-state index < -0.39 is 5.91 Å². The van der Waals surface area contributed by atoms with Crippen molar-refractivity contribution < 1.29 is 14.7 Å². The SMILES string of the molecule is O=Cc1c(O)c(C(=O)Nc2ccccc2Cl)cc2ccccc12. The van der Waals surface area contributed by atoms with E-state index in [9.17, 15) is 14.7 Å². The van der Waals surface area contributed by atoms with Gasteiger partial charge in [0.15, 0.2) is 6.29 Å². The molecule has 0 atom stereocenters. The van der Waals surface area contributed by atoms with E-state index in [0.29, 0.717) is 27.8 Å². The van der Waals surface area contributed by atoms with Gasteiger partial charge in [-0.25, -0.2) is 0 Å². The van der Waals surface area contributed by atoms with Gasteiger partial charge < -0.3 is 10.4 Å². The second-order valence-electron chi connectivity index (χ2n) is 4.96. The highest BCUT2D eigenvalue weighted by molar-refractivity contribution is 6.34. The summed E-state index contributed by atoms with van der Waals surface area (Å²) in [5.74, 6) is -0.882. The fourth-order valence-corrected chi connectivity index (χ4v) is 2.59. The summed E-state index contributed by atoms with van der Waals surface area (Å²) in [7, 11) is 0. The lowest BCUT2D eigenvalue weighted by Gasteiger charge is -2.11. The Morgan fingerprint density at radius 1 is 1.09 bits per heavy atom. The average Bonchev–Trinajstić information content (AvgIpc) is 2.56. The predicted molar refractivity (Wildman–Crippen MR) is 90.4 cm³/mol. The molecule has 0 heterocycles. The van der Waals surface area contributed by atoms with E-state index in [0.717, 1.165) is 0 Å². The van der Waals surface area contributed by atoms with Crippen molar-refractivity contribution in [3.63, 3.8) is 0 Å². The monoisotopic (exact) mass is 325 g/mol. The molecule has 0 bridgehead atoms. The van der Waals surface area contributed by atoms with Gasteiger partial charge in [0.05, 0.1) is 21.8 Å². The van der Waals surface area contributed by atoms with Crippen LogP contribution in [0.25, 0.3) is 10.8 Å². The molecule has 114 valence electrons. The van der Waals surface area contributed by atoms with E-state index >= 15 is 0 Å². The molecule has 23 heavy (non-hydrogen) atoms. The number of rotatable bonds is 3.